The second-order valence-corrected chi connectivity index (χ2v) is 4.65. The molecule has 0 aliphatic heterocycles. The van der Waals surface area contributed by atoms with Crippen LogP contribution < -0.4 is 5.32 Å². The van der Waals surface area contributed by atoms with Crippen molar-refractivity contribution >= 4 is 0 Å². The smallest absolute Gasteiger partial charge is 0.126 e. The molecule has 1 rings (SSSR count). The first kappa shape index (κ1) is 14.1. The van der Waals surface area contributed by atoms with Crippen molar-refractivity contribution in [2.24, 2.45) is 5.41 Å². The van der Waals surface area contributed by atoms with Gasteiger partial charge in [0.15, 0.2) is 0 Å². The maximum absolute atomic E-state index is 13.6. The van der Waals surface area contributed by atoms with E-state index >= 15 is 0 Å². The molecular formula is C14H21F2N. The van der Waals surface area contributed by atoms with Crippen molar-refractivity contribution in [3.63, 3.8) is 0 Å². The van der Waals surface area contributed by atoms with Gasteiger partial charge in [0.25, 0.3) is 0 Å². The van der Waals surface area contributed by atoms with E-state index < -0.39 is 0 Å². The molecule has 1 aromatic rings. The molecule has 1 aromatic carbocycles. The van der Waals surface area contributed by atoms with Gasteiger partial charge >= 0.3 is 0 Å². The molecule has 1 nitrogen and oxygen atoms in total. The molecule has 0 fully saturated rings. The van der Waals surface area contributed by atoms with Crippen LogP contribution in [0.5, 0.6) is 0 Å². The summed E-state index contributed by atoms with van der Waals surface area (Å²) in [5.74, 6) is -0.680. The fourth-order valence-corrected chi connectivity index (χ4v) is 2.27. The summed E-state index contributed by atoms with van der Waals surface area (Å²) in [4.78, 5) is 0. The average molecular weight is 241 g/mol. The monoisotopic (exact) mass is 241 g/mol. The summed E-state index contributed by atoms with van der Waals surface area (Å²) in [5, 5.41) is 3.15. The Kier molecular flexibility index (Phi) is 5.06. The molecule has 0 aromatic heterocycles. The highest BCUT2D eigenvalue weighted by atomic mass is 19.1. The van der Waals surface area contributed by atoms with Gasteiger partial charge in [-0.25, -0.2) is 8.78 Å². The first-order chi connectivity index (χ1) is 8.06. The minimum absolute atomic E-state index is 0.00336. The van der Waals surface area contributed by atoms with Crippen LogP contribution >= 0.6 is 0 Å². The second-order valence-electron chi connectivity index (χ2n) is 4.65. The summed E-state index contributed by atoms with van der Waals surface area (Å²) < 4.78 is 26.8. The van der Waals surface area contributed by atoms with Crippen molar-refractivity contribution in [2.75, 3.05) is 13.6 Å². The van der Waals surface area contributed by atoms with E-state index in [1.54, 1.807) is 0 Å². The number of benzene rings is 1. The van der Waals surface area contributed by atoms with Crippen LogP contribution in [0.3, 0.4) is 0 Å². The van der Waals surface area contributed by atoms with Crippen LogP contribution in [0.1, 0.15) is 32.3 Å². The Labute approximate surface area is 102 Å². The Hall–Kier alpha value is -0.960. The van der Waals surface area contributed by atoms with Crippen LogP contribution in [-0.4, -0.2) is 13.6 Å². The molecule has 0 atom stereocenters. The lowest BCUT2D eigenvalue weighted by Gasteiger charge is -2.32. The molecule has 0 aliphatic carbocycles. The summed E-state index contributed by atoms with van der Waals surface area (Å²) in [7, 11) is 1.89. The molecule has 0 heterocycles. The lowest BCUT2D eigenvalue weighted by atomic mass is 9.77. The minimum atomic E-state index is -0.369. The van der Waals surface area contributed by atoms with Crippen molar-refractivity contribution in [3.05, 3.63) is 35.4 Å². The third-order valence-electron chi connectivity index (χ3n) is 3.62. The molecule has 17 heavy (non-hydrogen) atoms. The molecule has 0 unspecified atom stereocenters. The van der Waals surface area contributed by atoms with Gasteiger partial charge in [0.2, 0.25) is 0 Å². The number of nitrogens with one attached hydrogen (secondary N) is 1. The van der Waals surface area contributed by atoms with Crippen molar-refractivity contribution in [1.82, 2.24) is 5.32 Å². The Morgan fingerprint density at radius 3 is 2.35 bits per heavy atom. The first-order valence-corrected chi connectivity index (χ1v) is 6.15. The fourth-order valence-electron chi connectivity index (χ4n) is 2.27. The number of hydrogen-bond donors (Lipinski definition) is 1. The van der Waals surface area contributed by atoms with Crippen molar-refractivity contribution in [3.8, 4) is 0 Å². The Morgan fingerprint density at radius 1 is 1.18 bits per heavy atom. The molecule has 0 bridgehead atoms. The van der Waals surface area contributed by atoms with Crippen LogP contribution in [0.4, 0.5) is 8.78 Å². The van der Waals surface area contributed by atoms with Gasteiger partial charge in [-0.15, -0.1) is 0 Å². The fraction of sp³-hybridized carbons (Fsp3) is 0.571. The van der Waals surface area contributed by atoms with Gasteiger partial charge in [0, 0.05) is 6.54 Å². The number of rotatable bonds is 6. The Balaban J connectivity index is 2.96. The van der Waals surface area contributed by atoms with Crippen LogP contribution in [0.25, 0.3) is 0 Å². The minimum Gasteiger partial charge on any atom is -0.319 e. The summed E-state index contributed by atoms with van der Waals surface area (Å²) in [6.45, 7) is 5.01. The van der Waals surface area contributed by atoms with Gasteiger partial charge in [-0.05, 0) is 55.5 Å². The Bertz CT molecular complexity index is 359. The molecule has 0 amide bonds. The van der Waals surface area contributed by atoms with E-state index in [1.807, 2.05) is 7.05 Å². The normalized spacial score (nSPS) is 11.8. The molecule has 0 radical (unpaired) electrons. The van der Waals surface area contributed by atoms with E-state index in [0.29, 0.717) is 12.0 Å². The standard InChI is InChI=1S/C14H21F2N/c1-4-14(5-2,10-17-3)9-11-8-12(15)6-7-13(11)16/h6-8,17H,4-5,9-10H2,1-3H3. The zero-order chi connectivity index (χ0) is 12.9. The van der Waals surface area contributed by atoms with E-state index in [4.69, 9.17) is 0 Å². The van der Waals surface area contributed by atoms with E-state index in [0.717, 1.165) is 25.5 Å². The van der Waals surface area contributed by atoms with Crippen LogP contribution in [-0.2, 0) is 6.42 Å². The molecule has 96 valence electrons. The lowest BCUT2D eigenvalue weighted by Crippen LogP contribution is -2.33. The summed E-state index contributed by atoms with van der Waals surface area (Å²) in [6, 6.07) is 3.68. The number of halogens is 2. The zero-order valence-corrected chi connectivity index (χ0v) is 10.8. The third kappa shape index (κ3) is 3.50. The van der Waals surface area contributed by atoms with E-state index in [-0.39, 0.29) is 17.0 Å². The lowest BCUT2D eigenvalue weighted by molar-refractivity contribution is 0.250. The van der Waals surface area contributed by atoms with Crippen LogP contribution in [0.15, 0.2) is 18.2 Å². The predicted octanol–water partition coefficient (Wildman–Crippen LogP) is 3.53. The summed E-state index contributed by atoms with van der Waals surface area (Å²) >= 11 is 0. The van der Waals surface area contributed by atoms with Gasteiger partial charge in [-0.1, -0.05) is 13.8 Å². The van der Waals surface area contributed by atoms with Crippen molar-refractivity contribution in [1.29, 1.82) is 0 Å². The van der Waals surface area contributed by atoms with Crippen LogP contribution in [0.2, 0.25) is 0 Å². The van der Waals surface area contributed by atoms with Crippen molar-refractivity contribution in [2.45, 2.75) is 33.1 Å². The van der Waals surface area contributed by atoms with Gasteiger partial charge in [-0.2, -0.15) is 0 Å². The molecule has 0 saturated heterocycles. The molecule has 0 spiro atoms. The molecule has 0 aliphatic rings. The maximum Gasteiger partial charge on any atom is 0.126 e. The highest BCUT2D eigenvalue weighted by Gasteiger charge is 2.27. The summed E-state index contributed by atoms with van der Waals surface area (Å²) in [5.41, 5.74) is 0.479. The van der Waals surface area contributed by atoms with Gasteiger partial charge in [0.1, 0.15) is 11.6 Å². The quantitative estimate of drug-likeness (QED) is 0.803. The van der Waals surface area contributed by atoms with E-state index in [1.165, 1.54) is 12.1 Å². The molecular weight excluding hydrogens is 220 g/mol. The average Bonchev–Trinajstić information content (AvgIpc) is 2.33. The van der Waals surface area contributed by atoms with Gasteiger partial charge < -0.3 is 5.32 Å². The van der Waals surface area contributed by atoms with Gasteiger partial charge in [-0.3, -0.25) is 0 Å². The number of hydrogen-bond acceptors (Lipinski definition) is 1. The highest BCUT2D eigenvalue weighted by Crippen LogP contribution is 2.31. The second kappa shape index (κ2) is 6.10. The Morgan fingerprint density at radius 2 is 1.82 bits per heavy atom. The molecule has 1 N–H and O–H groups in total. The van der Waals surface area contributed by atoms with E-state index in [9.17, 15) is 8.78 Å². The molecule has 0 saturated carbocycles. The highest BCUT2D eigenvalue weighted by molar-refractivity contribution is 5.20. The van der Waals surface area contributed by atoms with Crippen LogP contribution in [0, 0.1) is 17.0 Å². The maximum atomic E-state index is 13.6. The predicted molar refractivity (Wildman–Crippen MR) is 67.0 cm³/mol. The SMILES string of the molecule is CCC(CC)(CNC)Cc1cc(F)ccc1F. The topological polar surface area (TPSA) is 12.0 Å². The summed E-state index contributed by atoms with van der Waals surface area (Å²) in [6.07, 6.45) is 2.46. The largest absolute Gasteiger partial charge is 0.319 e. The van der Waals surface area contributed by atoms with Crippen molar-refractivity contribution < 1.29 is 8.78 Å². The van der Waals surface area contributed by atoms with Gasteiger partial charge in [0.05, 0.1) is 0 Å². The first-order valence-electron chi connectivity index (χ1n) is 6.15. The molecule has 3 heteroatoms. The third-order valence-corrected chi connectivity index (χ3v) is 3.62. The zero-order valence-electron chi connectivity index (χ0n) is 10.8. The van der Waals surface area contributed by atoms with E-state index in [2.05, 4.69) is 19.2 Å².